The highest BCUT2D eigenvalue weighted by Crippen LogP contribution is 2.33. The SMILES string of the molecule is CCCNCc1ccc(Cl)cc1N1CC(C)CC1C. The number of hydrogen-bond acceptors (Lipinski definition) is 2. The molecule has 0 saturated carbocycles. The molecular formula is C16H25ClN2. The number of halogens is 1. The van der Waals surface area contributed by atoms with Crippen LogP contribution in [-0.2, 0) is 6.54 Å². The second-order valence-corrected chi connectivity index (χ2v) is 6.23. The predicted octanol–water partition coefficient (Wildman–Crippen LogP) is 4.07. The van der Waals surface area contributed by atoms with E-state index in [2.05, 4.69) is 43.1 Å². The summed E-state index contributed by atoms with van der Waals surface area (Å²) in [6, 6.07) is 6.89. The molecule has 1 aliphatic heterocycles. The van der Waals surface area contributed by atoms with Crippen LogP contribution in [0.25, 0.3) is 0 Å². The minimum Gasteiger partial charge on any atom is -0.368 e. The van der Waals surface area contributed by atoms with Crippen molar-refractivity contribution in [3.05, 3.63) is 28.8 Å². The third-order valence-electron chi connectivity index (χ3n) is 3.88. The van der Waals surface area contributed by atoms with E-state index in [1.54, 1.807) is 0 Å². The zero-order chi connectivity index (χ0) is 13.8. The normalized spacial score (nSPS) is 23.1. The van der Waals surface area contributed by atoms with Crippen LogP contribution in [0.5, 0.6) is 0 Å². The highest BCUT2D eigenvalue weighted by Gasteiger charge is 2.27. The summed E-state index contributed by atoms with van der Waals surface area (Å²) in [7, 11) is 0. The van der Waals surface area contributed by atoms with Crippen molar-refractivity contribution in [2.75, 3.05) is 18.0 Å². The van der Waals surface area contributed by atoms with Gasteiger partial charge >= 0.3 is 0 Å². The second-order valence-electron chi connectivity index (χ2n) is 5.79. The summed E-state index contributed by atoms with van der Waals surface area (Å²) in [4.78, 5) is 2.51. The van der Waals surface area contributed by atoms with Crippen molar-refractivity contribution in [3.8, 4) is 0 Å². The third-order valence-corrected chi connectivity index (χ3v) is 4.12. The molecule has 0 radical (unpaired) electrons. The van der Waals surface area contributed by atoms with Crippen molar-refractivity contribution in [3.63, 3.8) is 0 Å². The van der Waals surface area contributed by atoms with Gasteiger partial charge in [0.2, 0.25) is 0 Å². The van der Waals surface area contributed by atoms with Gasteiger partial charge in [-0.2, -0.15) is 0 Å². The first-order valence-electron chi connectivity index (χ1n) is 7.37. The maximum atomic E-state index is 6.19. The van der Waals surface area contributed by atoms with Crippen LogP contribution in [0.15, 0.2) is 18.2 Å². The molecule has 1 saturated heterocycles. The van der Waals surface area contributed by atoms with Crippen molar-refractivity contribution < 1.29 is 0 Å². The molecule has 0 aliphatic carbocycles. The molecule has 1 aromatic rings. The lowest BCUT2D eigenvalue weighted by atomic mass is 10.1. The number of anilines is 1. The largest absolute Gasteiger partial charge is 0.368 e. The second kappa shape index (κ2) is 6.62. The summed E-state index contributed by atoms with van der Waals surface area (Å²) in [5.41, 5.74) is 2.67. The van der Waals surface area contributed by atoms with E-state index in [0.29, 0.717) is 6.04 Å². The Balaban J connectivity index is 2.19. The molecule has 2 rings (SSSR count). The minimum atomic E-state index is 0.610. The van der Waals surface area contributed by atoms with Crippen LogP contribution in [0.1, 0.15) is 39.2 Å². The Morgan fingerprint density at radius 3 is 2.79 bits per heavy atom. The van der Waals surface area contributed by atoms with Crippen LogP contribution in [-0.4, -0.2) is 19.1 Å². The number of hydrogen-bond donors (Lipinski definition) is 1. The molecule has 0 bridgehead atoms. The summed E-state index contributed by atoms with van der Waals surface area (Å²) in [6.07, 6.45) is 2.44. The van der Waals surface area contributed by atoms with Crippen LogP contribution in [0.3, 0.4) is 0 Å². The van der Waals surface area contributed by atoms with Crippen LogP contribution in [0.2, 0.25) is 5.02 Å². The van der Waals surface area contributed by atoms with E-state index in [1.165, 1.54) is 24.1 Å². The van der Waals surface area contributed by atoms with Gasteiger partial charge in [0, 0.05) is 29.8 Å². The van der Waals surface area contributed by atoms with Gasteiger partial charge in [0.1, 0.15) is 0 Å². The van der Waals surface area contributed by atoms with E-state index in [-0.39, 0.29) is 0 Å². The molecule has 106 valence electrons. The first-order valence-corrected chi connectivity index (χ1v) is 7.75. The molecule has 19 heavy (non-hydrogen) atoms. The van der Waals surface area contributed by atoms with Crippen LogP contribution in [0, 0.1) is 5.92 Å². The average molecular weight is 281 g/mol. The van der Waals surface area contributed by atoms with Gasteiger partial charge in [-0.1, -0.05) is 31.5 Å². The fourth-order valence-corrected chi connectivity index (χ4v) is 3.16. The van der Waals surface area contributed by atoms with Crippen LogP contribution >= 0.6 is 11.6 Å². The van der Waals surface area contributed by atoms with Crippen molar-refractivity contribution in [2.24, 2.45) is 5.92 Å². The number of rotatable bonds is 5. The highest BCUT2D eigenvalue weighted by atomic mass is 35.5. The fraction of sp³-hybridized carbons (Fsp3) is 0.625. The van der Waals surface area contributed by atoms with Gasteiger partial charge in [-0.3, -0.25) is 0 Å². The smallest absolute Gasteiger partial charge is 0.0429 e. The zero-order valence-corrected chi connectivity index (χ0v) is 13.0. The van der Waals surface area contributed by atoms with Gasteiger partial charge in [-0.25, -0.2) is 0 Å². The molecule has 0 spiro atoms. The molecule has 1 heterocycles. The Kier molecular flexibility index (Phi) is 5.12. The minimum absolute atomic E-state index is 0.610. The first kappa shape index (κ1) is 14.7. The van der Waals surface area contributed by atoms with E-state index in [9.17, 15) is 0 Å². The monoisotopic (exact) mass is 280 g/mol. The quantitative estimate of drug-likeness (QED) is 0.818. The molecule has 0 aromatic heterocycles. The molecule has 3 heteroatoms. The molecule has 1 aromatic carbocycles. The molecule has 1 fully saturated rings. The Morgan fingerprint density at radius 1 is 1.37 bits per heavy atom. The first-order chi connectivity index (χ1) is 9.11. The van der Waals surface area contributed by atoms with Gasteiger partial charge in [-0.15, -0.1) is 0 Å². The zero-order valence-electron chi connectivity index (χ0n) is 12.2. The van der Waals surface area contributed by atoms with Gasteiger partial charge in [0.05, 0.1) is 0 Å². The van der Waals surface area contributed by atoms with E-state index in [0.717, 1.165) is 30.6 Å². The molecule has 2 unspecified atom stereocenters. The Bertz CT molecular complexity index is 419. The van der Waals surface area contributed by atoms with E-state index >= 15 is 0 Å². The molecule has 2 nitrogen and oxygen atoms in total. The van der Waals surface area contributed by atoms with Crippen molar-refractivity contribution in [2.45, 2.75) is 46.2 Å². The van der Waals surface area contributed by atoms with Gasteiger partial charge in [-0.05, 0) is 49.9 Å². The molecule has 1 aliphatic rings. The van der Waals surface area contributed by atoms with Crippen LogP contribution < -0.4 is 10.2 Å². The molecule has 0 amide bonds. The highest BCUT2D eigenvalue weighted by molar-refractivity contribution is 6.30. The summed E-state index contributed by atoms with van der Waals surface area (Å²) >= 11 is 6.19. The van der Waals surface area contributed by atoms with Gasteiger partial charge in [0.15, 0.2) is 0 Å². The average Bonchev–Trinajstić information content (AvgIpc) is 2.70. The lowest BCUT2D eigenvalue weighted by Gasteiger charge is -2.27. The van der Waals surface area contributed by atoms with E-state index in [1.807, 2.05) is 6.07 Å². The Hall–Kier alpha value is -0.730. The number of nitrogens with one attached hydrogen (secondary N) is 1. The summed E-state index contributed by atoms with van der Waals surface area (Å²) in [6.45, 7) is 9.97. The van der Waals surface area contributed by atoms with Crippen LogP contribution in [0.4, 0.5) is 5.69 Å². The van der Waals surface area contributed by atoms with Gasteiger partial charge in [0.25, 0.3) is 0 Å². The fourth-order valence-electron chi connectivity index (χ4n) is 2.99. The van der Waals surface area contributed by atoms with E-state index < -0.39 is 0 Å². The molecular weight excluding hydrogens is 256 g/mol. The summed E-state index contributed by atoms with van der Waals surface area (Å²) < 4.78 is 0. The third kappa shape index (κ3) is 3.64. The summed E-state index contributed by atoms with van der Waals surface area (Å²) in [5, 5.41) is 4.33. The topological polar surface area (TPSA) is 15.3 Å². The maximum absolute atomic E-state index is 6.19. The Morgan fingerprint density at radius 2 is 2.16 bits per heavy atom. The summed E-state index contributed by atoms with van der Waals surface area (Å²) in [5.74, 6) is 0.769. The van der Waals surface area contributed by atoms with Gasteiger partial charge < -0.3 is 10.2 Å². The maximum Gasteiger partial charge on any atom is 0.0429 e. The number of benzene rings is 1. The Labute approximate surface area is 122 Å². The lowest BCUT2D eigenvalue weighted by molar-refractivity contribution is 0.625. The molecule has 2 atom stereocenters. The van der Waals surface area contributed by atoms with Crippen molar-refractivity contribution >= 4 is 17.3 Å². The van der Waals surface area contributed by atoms with Crippen molar-refractivity contribution in [1.29, 1.82) is 0 Å². The van der Waals surface area contributed by atoms with E-state index in [4.69, 9.17) is 11.6 Å². The lowest BCUT2D eigenvalue weighted by Crippen LogP contribution is -2.28. The predicted molar refractivity (Wildman–Crippen MR) is 84.0 cm³/mol. The number of nitrogens with zero attached hydrogens (tertiary/aromatic N) is 1. The molecule has 1 N–H and O–H groups in total. The standard InChI is InChI=1S/C16H25ClN2/c1-4-7-18-10-14-5-6-15(17)9-16(14)19-11-12(2)8-13(19)3/h5-6,9,12-13,18H,4,7-8,10-11H2,1-3H3. The van der Waals surface area contributed by atoms with Crippen molar-refractivity contribution in [1.82, 2.24) is 5.32 Å².